The minimum Gasteiger partial charge on any atom is -0.508 e. The molecule has 28 heavy (non-hydrogen) atoms. The molecule has 3 aromatic rings. The lowest BCUT2D eigenvalue weighted by Gasteiger charge is -2.14. The molecule has 0 fully saturated rings. The third kappa shape index (κ3) is 3.61. The minimum absolute atomic E-state index is 0.00398. The van der Waals surface area contributed by atoms with Gasteiger partial charge in [-0.15, -0.1) is 0 Å². The van der Waals surface area contributed by atoms with Gasteiger partial charge in [-0.05, 0) is 30.2 Å². The molecule has 1 aromatic heterocycles. The Morgan fingerprint density at radius 1 is 0.821 bits per heavy atom. The predicted octanol–water partition coefficient (Wildman–Crippen LogP) is 2.30. The van der Waals surface area contributed by atoms with Crippen LogP contribution in [-0.4, -0.2) is 31.3 Å². The molecule has 144 valence electrons. The van der Waals surface area contributed by atoms with Crippen LogP contribution in [0, 0.1) is 6.92 Å². The third-order valence-electron chi connectivity index (χ3n) is 4.11. The van der Waals surface area contributed by atoms with Crippen molar-refractivity contribution in [3.05, 3.63) is 74.8 Å². The van der Waals surface area contributed by atoms with E-state index in [4.69, 9.17) is 4.42 Å². The molecule has 1 heterocycles. The van der Waals surface area contributed by atoms with E-state index < -0.39 is 22.9 Å². The summed E-state index contributed by atoms with van der Waals surface area (Å²) in [6, 6.07) is 6.46. The Morgan fingerprint density at radius 2 is 1.39 bits per heavy atom. The number of phenols is 4. The van der Waals surface area contributed by atoms with Crippen LogP contribution in [0.25, 0.3) is 0 Å². The lowest BCUT2D eigenvalue weighted by molar-refractivity contribution is 0.103. The average molecular weight is 384 g/mol. The van der Waals surface area contributed by atoms with Gasteiger partial charge in [0.25, 0.3) is 0 Å². The van der Waals surface area contributed by atoms with Crippen molar-refractivity contribution < 1.29 is 34.7 Å². The number of carbonyl (C=O) groups excluding carboxylic acids is 1. The lowest BCUT2D eigenvalue weighted by atomic mass is 9.92. The maximum absolute atomic E-state index is 13.1. The molecule has 0 saturated carbocycles. The maximum atomic E-state index is 13.1. The molecule has 8 heteroatoms. The summed E-state index contributed by atoms with van der Waals surface area (Å²) in [4.78, 5) is 24.5. The Hall–Kier alpha value is -3.94. The van der Waals surface area contributed by atoms with Gasteiger partial charge in [-0.1, -0.05) is 0 Å². The molecule has 0 atom stereocenters. The highest BCUT2D eigenvalue weighted by atomic mass is 16.4. The lowest BCUT2D eigenvalue weighted by Crippen LogP contribution is -2.09. The number of benzene rings is 2. The summed E-state index contributed by atoms with van der Waals surface area (Å²) >= 11 is 0. The van der Waals surface area contributed by atoms with Crippen molar-refractivity contribution in [2.75, 3.05) is 0 Å². The standard InChI is InChI=1S/C20H16O8/c1-9-2-11(21)6-15(24)18(9)20(27)19-10(3-12(22)7-16(19)25)4-14-5-13(23)8-17(26)28-14/h2-3,5-8,21-25H,4H2,1H3. The smallest absolute Gasteiger partial charge is 0.339 e. The van der Waals surface area contributed by atoms with Gasteiger partial charge in [-0.25, -0.2) is 4.79 Å². The van der Waals surface area contributed by atoms with Crippen LogP contribution in [0.3, 0.4) is 0 Å². The third-order valence-corrected chi connectivity index (χ3v) is 4.11. The quantitative estimate of drug-likeness (QED) is 0.430. The van der Waals surface area contributed by atoms with Crippen LogP contribution in [0.5, 0.6) is 28.7 Å². The number of ketones is 1. The van der Waals surface area contributed by atoms with Crippen LogP contribution in [0.4, 0.5) is 0 Å². The van der Waals surface area contributed by atoms with E-state index in [2.05, 4.69) is 0 Å². The summed E-state index contributed by atoms with van der Waals surface area (Å²) in [6.07, 6.45) is -0.204. The van der Waals surface area contributed by atoms with E-state index in [1.807, 2.05) is 0 Å². The molecule has 2 aromatic carbocycles. The Labute approximate surface area is 158 Å². The summed E-state index contributed by atoms with van der Waals surface area (Å²) in [5, 5.41) is 49.3. The first kappa shape index (κ1) is 18.8. The molecule has 3 rings (SSSR count). The van der Waals surface area contributed by atoms with E-state index in [0.717, 1.165) is 18.2 Å². The van der Waals surface area contributed by atoms with Gasteiger partial charge in [-0.2, -0.15) is 0 Å². The zero-order valence-corrected chi connectivity index (χ0v) is 14.6. The first-order chi connectivity index (χ1) is 13.2. The molecule has 8 nitrogen and oxygen atoms in total. The highest BCUT2D eigenvalue weighted by molar-refractivity contribution is 6.14. The molecule has 0 spiro atoms. The SMILES string of the molecule is Cc1cc(O)cc(O)c1C(=O)c1c(O)cc(O)cc1Cc1cc(O)cc(=O)o1. The summed E-state index contributed by atoms with van der Waals surface area (Å²) in [5.74, 6) is -2.70. The summed E-state index contributed by atoms with van der Waals surface area (Å²) in [6.45, 7) is 1.50. The molecule has 5 N–H and O–H groups in total. The van der Waals surface area contributed by atoms with E-state index >= 15 is 0 Å². The van der Waals surface area contributed by atoms with Gasteiger partial charge in [0.15, 0.2) is 0 Å². The zero-order chi connectivity index (χ0) is 20.6. The van der Waals surface area contributed by atoms with E-state index in [1.54, 1.807) is 0 Å². The van der Waals surface area contributed by atoms with Crippen LogP contribution in [0.2, 0.25) is 0 Å². The topological polar surface area (TPSA) is 148 Å². The Balaban J connectivity index is 2.16. The first-order valence-corrected chi connectivity index (χ1v) is 8.11. The van der Waals surface area contributed by atoms with Gasteiger partial charge in [0.05, 0.1) is 17.2 Å². The largest absolute Gasteiger partial charge is 0.508 e. The molecule has 0 unspecified atom stereocenters. The average Bonchev–Trinajstić information content (AvgIpc) is 2.51. The Morgan fingerprint density at radius 3 is 2.00 bits per heavy atom. The molecule has 0 radical (unpaired) electrons. The minimum atomic E-state index is -0.806. The number of rotatable bonds is 4. The molecular weight excluding hydrogens is 368 g/mol. The second kappa shape index (κ2) is 6.99. The van der Waals surface area contributed by atoms with Crippen LogP contribution in [-0.2, 0) is 6.42 Å². The summed E-state index contributed by atoms with van der Waals surface area (Å²) < 4.78 is 4.97. The van der Waals surface area contributed by atoms with Gasteiger partial charge in [0, 0.05) is 24.6 Å². The molecule has 0 aliphatic rings. The van der Waals surface area contributed by atoms with Gasteiger partial charge in [-0.3, -0.25) is 4.79 Å². The highest BCUT2D eigenvalue weighted by Gasteiger charge is 2.24. The molecule has 0 saturated heterocycles. The van der Waals surface area contributed by atoms with Gasteiger partial charge in [0.1, 0.15) is 34.5 Å². The Bertz CT molecular complexity index is 1120. The Kier molecular flexibility index (Phi) is 4.70. The second-order valence-electron chi connectivity index (χ2n) is 6.26. The fourth-order valence-electron chi connectivity index (χ4n) is 3.03. The summed E-state index contributed by atoms with van der Waals surface area (Å²) in [5.41, 5.74) is -0.808. The van der Waals surface area contributed by atoms with Crippen LogP contribution < -0.4 is 5.63 Å². The van der Waals surface area contributed by atoms with Crippen molar-refractivity contribution in [1.82, 2.24) is 0 Å². The van der Waals surface area contributed by atoms with Crippen molar-refractivity contribution in [2.24, 2.45) is 0 Å². The van der Waals surface area contributed by atoms with E-state index in [1.165, 1.54) is 25.1 Å². The van der Waals surface area contributed by atoms with Crippen LogP contribution in [0.15, 0.2) is 45.6 Å². The molecule has 0 amide bonds. The monoisotopic (exact) mass is 384 g/mol. The van der Waals surface area contributed by atoms with Crippen molar-refractivity contribution in [2.45, 2.75) is 13.3 Å². The van der Waals surface area contributed by atoms with Crippen molar-refractivity contribution >= 4 is 5.78 Å². The second-order valence-corrected chi connectivity index (χ2v) is 6.26. The number of carbonyl (C=O) groups is 1. The molecule has 0 aliphatic carbocycles. The number of phenolic OH excluding ortho intramolecular Hbond substituents is 4. The number of hydrogen-bond donors (Lipinski definition) is 5. The first-order valence-electron chi connectivity index (χ1n) is 8.11. The van der Waals surface area contributed by atoms with Crippen molar-refractivity contribution in [3.63, 3.8) is 0 Å². The molecule has 0 aliphatic heterocycles. The van der Waals surface area contributed by atoms with Gasteiger partial charge < -0.3 is 29.9 Å². The van der Waals surface area contributed by atoms with Crippen molar-refractivity contribution in [1.29, 1.82) is 0 Å². The zero-order valence-electron chi connectivity index (χ0n) is 14.6. The number of hydrogen-bond acceptors (Lipinski definition) is 8. The van der Waals surface area contributed by atoms with Crippen LogP contribution >= 0.6 is 0 Å². The van der Waals surface area contributed by atoms with E-state index in [9.17, 15) is 35.1 Å². The fourth-order valence-corrected chi connectivity index (χ4v) is 3.03. The van der Waals surface area contributed by atoms with Gasteiger partial charge in [0.2, 0.25) is 5.78 Å². The molecular formula is C20H16O8. The number of aromatic hydroxyl groups is 5. The fraction of sp³-hybridized carbons (Fsp3) is 0.100. The number of aryl methyl sites for hydroxylation is 1. The van der Waals surface area contributed by atoms with Gasteiger partial charge >= 0.3 is 5.63 Å². The normalized spacial score (nSPS) is 10.8. The van der Waals surface area contributed by atoms with Crippen molar-refractivity contribution in [3.8, 4) is 28.7 Å². The highest BCUT2D eigenvalue weighted by Crippen LogP contribution is 2.35. The molecule has 0 bridgehead atoms. The van der Waals surface area contributed by atoms with E-state index in [-0.39, 0.29) is 51.7 Å². The summed E-state index contributed by atoms with van der Waals surface area (Å²) in [7, 11) is 0. The maximum Gasteiger partial charge on any atom is 0.339 e. The predicted molar refractivity (Wildman–Crippen MR) is 97.2 cm³/mol. The van der Waals surface area contributed by atoms with Crippen LogP contribution in [0.1, 0.15) is 32.8 Å². The van der Waals surface area contributed by atoms with E-state index in [0.29, 0.717) is 0 Å².